The number of anilines is 1. The summed E-state index contributed by atoms with van der Waals surface area (Å²) in [6.45, 7) is 5.08. The van der Waals surface area contributed by atoms with Crippen molar-refractivity contribution in [3.8, 4) is 0 Å². The van der Waals surface area contributed by atoms with Gasteiger partial charge in [-0.1, -0.05) is 49.4 Å². The lowest BCUT2D eigenvalue weighted by atomic mass is 10.1. The Morgan fingerprint density at radius 2 is 1.66 bits per heavy atom. The Morgan fingerprint density at radius 1 is 0.966 bits per heavy atom. The zero-order valence-electron chi connectivity index (χ0n) is 16.6. The van der Waals surface area contributed by atoms with Crippen molar-refractivity contribution in [1.82, 2.24) is 9.88 Å². The summed E-state index contributed by atoms with van der Waals surface area (Å²) in [5.41, 5.74) is 4.12. The third-order valence-electron chi connectivity index (χ3n) is 4.56. The van der Waals surface area contributed by atoms with E-state index in [2.05, 4.69) is 74.5 Å². The molecular formula is C24H26BrN3O. The molecule has 1 amide bonds. The van der Waals surface area contributed by atoms with Crippen molar-refractivity contribution < 1.29 is 4.79 Å². The maximum absolute atomic E-state index is 12.2. The maximum Gasteiger partial charge on any atom is 0.230 e. The number of hydrogen-bond acceptors (Lipinski definition) is 3. The number of carbonyl (C=O) groups is 1. The first-order valence-corrected chi connectivity index (χ1v) is 10.7. The van der Waals surface area contributed by atoms with Crippen LogP contribution in [0.2, 0.25) is 0 Å². The molecule has 3 rings (SSSR count). The van der Waals surface area contributed by atoms with Crippen LogP contribution in [-0.4, -0.2) is 22.3 Å². The summed E-state index contributed by atoms with van der Waals surface area (Å²) in [7, 11) is 0. The molecule has 0 unspecified atom stereocenters. The second-order valence-electron chi connectivity index (χ2n) is 7.09. The number of rotatable bonds is 9. The summed E-state index contributed by atoms with van der Waals surface area (Å²) in [4.78, 5) is 18.9. The van der Waals surface area contributed by atoms with Gasteiger partial charge in [0.25, 0.3) is 0 Å². The largest absolute Gasteiger partial charge is 0.326 e. The van der Waals surface area contributed by atoms with Crippen molar-refractivity contribution in [2.75, 3.05) is 11.9 Å². The second-order valence-corrected chi connectivity index (χ2v) is 8.00. The van der Waals surface area contributed by atoms with Crippen molar-refractivity contribution in [2.45, 2.75) is 32.9 Å². The minimum absolute atomic E-state index is 0.0655. The molecule has 0 spiro atoms. The predicted octanol–water partition coefficient (Wildman–Crippen LogP) is 5.44. The number of nitrogens with zero attached hydrogens (tertiary/aromatic N) is 2. The van der Waals surface area contributed by atoms with Crippen molar-refractivity contribution in [2.24, 2.45) is 0 Å². The van der Waals surface area contributed by atoms with E-state index in [9.17, 15) is 4.79 Å². The standard InChI is InChI=1S/C24H26BrN3O/c1-2-14-28(17-19-6-4-3-5-7-19)18-20-8-11-22(12-9-20)27-24(29)15-23-13-10-21(25)16-26-23/h3-13,16H,2,14-15,17-18H2,1H3,(H,27,29). The topological polar surface area (TPSA) is 45.2 Å². The number of amides is 1. The van der Waals surface area contributed by atoms with E-state index in [-0.39, 0.29) is 12.3 Å². The molecule has 0 aliphatic heterocycles. The molecule has 150 valence electrons. The molecule has 1 N–H and O–H groups in total. The molecule has 0 fully saturated rings. The highest BCUT2D eigenvalue weighted by Gasteiger charge is 2.08. The Morgan fingerprint density at radius 3 is 2.28 bits per heavy atom. The van der Waals surface area contributed by atoms with Gasteiger partial charge in [-0.3, -0.25) is 14.7 Å². The average Bonchev–Trinajstić information content (AvgIpc) is 2.72. The van der Waals surface area contributed by atoms with E-state index in [4.69, 9.17) is 0 Å². The molecule has 2 aromatic carbocycles. The number of aromatic nitrogens is 1. The molecule has 0 aliphatic carbocycles. The summed E-state index contributed by atoms with van der Waals surface area (Å²) in [5, 5.41) is 2.95. The molecule has 1 heterocycles. The third kappa shape index (κ3) is 7.11. The first kappa shape index (κ1) is 21.2. The third-order valence-corrected chi connectivity index (χ3v) is 5.03. The highest BCUT2D eigenvalue weighted by molar-refractivity contribution is 9.10. The molecule has 0 bridgehead atoms. The van der Waals surface area contributed by atoms with Crippen LogP contribution in [0, 0.1) is 0 Å². The molecule has 3 aromatic rings. The number of nitrogens with one attached hydrogen (secondary N) is 1. The minimum atomic E-state index is -0.0655. The second kappa shape index (κ2) is 10.9. The van der Waals surface area contributed by atoms with Crippen LogP contribution in [0.1, 0.15) is 30.2 Å². The number of carbonyl (C=O) groups excluding carboxylic acids is 1. The van der Waals surface area contributed by atoms with Gasteiger partial charge in [0.05, 0.1) is 6.42 Å². The molecule has 29 heavy (non-hydrogen) atoms. The lowest BCUT2D eigenvalue weighted by Gasteiger charge is -2.22. The van der Waals surface area contributed by atoms with E-state index in [0.29, 0.717) is 0 Å². The number of pyridine rings is 1. The average molecular weight is 452 g/mol. The molecule has 1 aromatic heterocycles. The van der Waals surface area contributed by atoms with Gasteiger partial charge in [0.15, 0.2) is 0 Å². The van der Waals surface area contributed by atoms with Crippen molar-refractivity contribution >= 4 is 27.5 Å². The minimum Gasteiger partial charge on any atom is -0.326 e. The fourth-order valence-electron chi connectivity index (χ4n) is 3.20. The van der Waals surface area contributed by atoms with Gasteiger partial charge < -0.3 is 5.32 Å². The summed E-state index contributed by atoms with van der Waals surface area (Å²) < 4.78 is 0.904. The summed E-state index contributed by atoms with van der Waals surface area (Å²) in [6.07, 6.45) is 3.08. The van der Waals surface area contributed by atoms with Gasteiger partial charge in [-0.05, 0) is 64.3 Å². The molecule has 5 heteroatoms. The first-order valence-electron chi connectivity index (χ1n) is 9.88. The van der Waals surface area contributed by atoms with E-state index >= 15 is 0 Å². The summed E-state index contributed by atoms with van der Waals surface area (Å²) in [5.74, 6) is -0.0655. The van der Waals surface area contributed by atoms with Crippen LogP contribution in [-0.2, 0) is 24.3 Å². The zero-order valence-corrected chi connectivity index (χ0v) is 18.2. The van der Waals surface area contributed by atoms with Crippen molar-refractivity contribution in [3.63, 3.8) is 0 Å². The van der Waals surface area contributed by atoms with Crippen LogP contribution in [0.3, 0.4) is 0 Å². The van der Waals surface area contributed by atoms with Crippen LogP contribution in [0.5, 0.6) is 0 Å². The predicted molar refractivity (Wildman–Crippen MR) is 122 cm³/mol. The number of halogens is 1. The van der Waals surface area contributed by atoms with E-state index in [1.165, 1.54) is 11.1 Å². The van der Waals surface area contributed by atoms with Gasteiger partial charge in [0.1, 0.15) is 0 Å². The lowest BCUT2D eigenvalue weighted by molar-refractivity contribution is -0.115. The van der Waals surface area contributed by atoms with E-state index in [1.54, 1.807) is 6.20 Å². The Hall–Kier alpha value is -2.50. The molecule has 4 nitrogen and oxygen atoms in total. The molecule has 0 atom stereocenters. The van der Waals surface area contributed by atoms with E-state index in [1.807, 2.05) is 30.3 Å². The van der Waals surface area contributed by atoms with Crippen LogP contribution in [0.4, 0.5) is 5.69 Å². The van der Waals surface area contributed by atoms with Crippen LogP contribution in [0.15, 0.2) is 77.4 Å². The molecule has 0 radical (unpaired) electrons. The Labute approximate surface area is 181 Å². The highest BCUT2D eigenvalue weighted by Crippen LogP contribution is 2.15. The summed E-state index contributed by atoms with van der Waals surface area (Å²) >= 11 is 3.35. The Bertz CT molecular complexity index is 896. The SMILES string of the molecule is CCCN(Cc1ccccc1)Cc1ccc(NC(=O)Cc2ccc(Br)cn2)cc1. The Balaban J connectivity index is 1.55. The lowest BCUT2D eigenvalue weighted by Crippen LogP contribution is -2.23. The number of benzene rings is 2. The highest BCUT2D eigenvalue weighted by atomic mass is 79.9. The number of hydrogen-bond donors (Lipinski definition) is 1. The van der Waals surface area contributed by atoms with E-state index in [0.717, 1.165) is 41.9 Å². The zero-order chi connectivity index (χ0) is 20.5. The maximum atomic E-state index is 12.2. The van der Waals surface area contributed by atoms with E-state index < -0.39 is 0 Å². The van der Waals surface area contributed by atoms with Crippen LogP contribution >= 0.6 is 15.9 Å². The van der Waals surface area contributed by atoms with Crippen molar-refractivity contribution in [1.29, 1.82) is 0 Å². The quantitative estimate of drug-likeness (QED) is 0.471. The fraction of sp³-hybridized carbons (Fsp3) is 0.250. The smallest absolute Gasteiger partial charge is 0.230 e. The summed E-state index contributed by atoms with van der Waals surface area (Å²) in [6, 6.07) is 22.4. The van der Waals surface area contributed by atoms with Gasteiger partial charge in [0, 0.05) is 35.1 Å². The first-order chi connectivity index (χ1) is 14.1. The molecular weight excluding hydrogens is 426 g/mol. The van der Waals surface area contributed by atoms with Gasteiger partial charge >= 0.3 is 0 Å². The fourth-order valence-corrected chi connectivity index (χ4v) is 3.44. The monoisotopic (exact) mass is 451 g/mol. The molecule has 0 saturated carbocycles. The van der Waals surface area contributed by atoms with Crippen LogP contribution < -0.4 is 5.32 Å². The normalized spacial score (nSPS) is 10.9. The molecule has 0 saturated heterocycles. The van der Waals surface area contributed by atoms with Gasteiger partial charge in [-0.2, -0.15) is 0 Å². The van der Waals surface area contributed by atoms with Crippen LogP contribution in [0.25, 0.3) is 0 Å². The van der Waals surface area contributed by atoms with Gasteiger partial charge in [0.2, 0.25) is 5.91 Å². The van der Waals surface area contributed by atoms with Crippen molar-refractivity contribution in [3.05, 3.63) is 94.2 Å². The van der Waals surface area contributed by atoms with Gasteiger partial charge in [-0.15, -0.1) is 0 Å². The van der Waals surface area contributed by atoms with Gasteiger partial charge in [-0.25, -0.2) is 0 Å². The Kier molecular flexibility index (Phi) is 7.96. The molecule has 0 aliphatic rings.